The molecule has 35 heavy (non-hydrogen) atoms. The maximum absolute atomic E-state index is 15.1. The number of piperidine rings is 1. The summed E-state index contributed by atoms with van der Waals surface area (Å²) in [6.45, 7) is 9.16. The summed E-state index contributed by atoms with van der Waals surface area (Å²) in [6.07, 6.45) is -5.00. The van der Waals surface area contributed by atoms with Gasteiger partial charge in [-0.15, -0.1) is 0 Å². The van der Waals surface area contributed by atoms with Crippen LogP contribution in [0.1, 0.15) is 63.9 Å². The van der Waals surface area contributed by atoms with Gasteiger partial charge in [0.2, 0.25) is 0 Å². The molecule has 2 atom stereocenters. The number of aromatic nitrogens is 3. The molecule has 0 bridgehead atoms. The van der Waals surface area contributed by atoms with Crippen molar-refractivity contribution >= 4 is 23.7 Å². The number of carbonyl (C=O) groups is 2. The SMILES string of the molecule is Cc1cc(Nc2cc(C(F)F)c(F)c(CC3(C(=O)O)CCN(C(=O)O)C(C)C3)n2)nn1C(C)(C)C. The minimum absolute atomic E-state index is 0.0758. The van der Waals surface area contributed by atoms with E-state index in [-0.39, 0.29) is 30.7 Å². The van der Waals surface area contributed by atoms with Crippen molar-refractivity contribution in [3.63, 3.8) is 0 Å². The van der Waals surface area contributed by atoms with Crippen molar-refractivity contribution in [2.45, 2.75) is 71.9 Å². The number of rotatable bonds is 6. The van der Waals surface area contributed by atoms with Crippen molar-refractivity contribution in [1.29, 1.82) is 0 Å². The van der Waals surface area contributed by atoms with E-state index in [4.69, 9.17) is 0 Å². The van der Waals surface area contributed by atoms with E-state index in [0.29, 0.717) is 5.82 Å². The van der Waals surface area contributed by atoms with Crippen LogP contribution in [0.3, 0.4) is 0 Å². The highest BCUT2D eigenvalue weighted by molar-refractivity contribution is 5.76. The van der Waals surface area contributed by atoms with Gasteiger partial charge in [-0.05, 0) is 53.5 Å². The van der Waals surface area contributed by atoms with E-state index < -0.39 is 53.4 Å². The van der Waals surface area contributed by atoms with Gasteiger partial charge in [0.25, 0.3) is 6.43 Å². The number of nitrogens with one attached hydrogen (secondary N) is 1. The van der Waals surface area contributed by atoms with Gasteiger partial charge in [0, 0.05) is 30.8 Å². The normalized spacial score (nSPS) is 20.8. The molecule has 2 unspecified atom stereocenters. The molecule has 2 aromatic rings. The molecule has 192 valence electrons. The Labute approximate surface area is 201 Å². The van der Waals surface area contributed by atoms with Gasteiger partial charge in [-0.3, -0.25) is 9.48 Å². The molecule has 9 nitrogen and oxygen atoms in total. The highest BCUT2D eigenvalue weighted by Crippen LogP contribution is 2.40. The van der Waals surface area contributed by atoms with Gasteiger partial charge in [-0.1, -0.05) is 0 Å². The molecule has 3 N–H and O–H groups in total. The minimum Gasteiger partial charge on any atom is -0.481 e. The van der Waals surface area contributed by atoms with E-state index in [9.17, 15) is 28.6 Å². The van der Waals surface area contributed by atoms with Crippen LogP contribution in [0.25, 0.3) is 0 Å². The van der Waals surface area contributed by atoms with Gasteiger partial charge in [-0.25, -0.2) is 22.9 Å². The molecule has 1 fully saturated rings. The maximum atomic E-state index is 15.1. The number of hydrogen-bond donors (Lipinski definition) is 3. The number of aryl methyl sites for hydroxylation is 1. The monoisotopic (exact) mass is 497 g/mol. The van der Waals surface area contributed by atoms with Gasteiger partial charge in [0.15, 0.2) is 11.6 Å². The Morgan fingerprint density at radius 3 is 2.40 bits per heavy atom. The molecule has 12 heteroatoms. The molecule has 0 aromatic carbocycles. The lowest BCUT2D eigenvalue weighted by Crippen LogP contribution is -2.51. The Hall–Kier alpha value is -3.31. The minimum atomic E-state index is -3.15. The first-order valence-corrected chi connectivity index (χ1v) is 11.2. The number of carboxylic acid groups (broad SMARTS) is 2. The van der Waals surface area contributed by atoms with Crippen molar-refractivity contribution in [3.05, 3.63) is 34.9 Å². The summed E-state index contributed by atoms with van der Waals surface area (Å²) in [5.41, 5.74) is -2.41. The van der Waals surface area contributed by atoms with Crippen LogP contribution in [0.4, 0.5) is 29.6 Å². The Bertz CT molecular complexity index is 1130. The number of hydrogen-bond acceptors (Lipinski definition) is 5. The Kier molecular flexibility index (Phi) is 7.05. The Morgan fingerprint density at radius 2 is 1.91 bits per heavy atom. The van der Waals surface area contributed by atoms with Crippen molar-refractivity contribution in [3.8, 4) is 0 Å². The standard InChI is InChI=1S/C23H30F3N5O4/c1-12-8-17(29-31(12)22(3,4)5)28-16-9-14(19(25)26)18(24)15(27-16)11-23(20(32)33)6-7-30(21(34)35)13(2)10-23/h8-9,13,19H,6-7,10-11H2,1-5H3,(H,32,33)(H,34,35)(H,27,28,29). The predicted octanol–water partition coefficient (Wildman–Crippen LogP) is 4.94. The average molecular weight is 498 g/mol. The van der Waals surface area contributed by atoms with E-state index in [0.717, 1.165) is 16.7 Å². The largest absolute Gasteiger partial charge is 0.481 e. The molecule has 3 rings (SSSR count). The third kappa shape index (κ3) is 5.35. The summed E-state index contributed by atoms with van der Waals surface area (Å²) in [7, 11) is 0. The van der Waals surface area contributed by atoms with Crippen LogP contribution in [0.2, 0.25) is 0 Å². The van der Waals surface area contributed by atoms with Crippen LogP contribution in [0.5, 0.6) is 0 Å². The molecule has 1 saturated heterocycles. The van der Waals surface area contributed by atoms with Crippen LogP contribution in [0.15, 0.2) is 12.1 Å². The van der Waals surface area contributed by atoms with Gasteiger partial charge in [0.05, 0.1) is 22.2 Å². The summed E-state index contributed by atoms with van der Waals surface area (Å²) in [5.74, 6) is -2.30. The first-order chi connectivity index (χ1) is 16.1. The van der Waals surface area contributed by atoms with E-state index >= 15 is 4.39 Å². The summed E-state index contributed by atoms with van der Waals surface area (Å²) in [4.78, 5) is 28.9. The van der Waals surface area contributed by atoms with Gasteiger partial charge < -0.3 is 20.4 Å². The predicted molar refractivity (Wildman–Crippen MR) is 122 cm³/mol. The molecular weight excluding hydrogens is 467 g/mol. The van der Waals surface area contributed by atoms with Gasteiger partial charge in [0.1, 0.15) is 5.82 Å². The average Bonchev–Trinajstić information content (AvgIpc) is 3.10. The summed E-state index contributed by atoms with van der Waals surface area (Å²) >= 11 is 0. The zero-order valence-corrected chi connectivity index (χ0v) is 20.3. The zero-order chi connectivity index (χ0) is 26.3. The van der Waals surface area contributed by atoms with Crippen molar-refractivity contribution in [1.82, 2.24) is 19.7 Å². The van der Waals surface area contributed by atoms with Crippen LogP contribution >= 0.6 is 0 Å². The lowest BCUT2D eigenvalue weighted by molar-refractivity contribution is -0.153. The third-order valence-corrected chi connectivity index (χ3v) is 6.32. The van der Waals surface area contributed by atoms with E-state index in [1.165, 1.54) is 0 Å². The van der Waals surface area contributed by atoms with Crippen LogP contribution in [0, 0.1) is 18.2 Å². The molecule has 0 aliphatic carbocycles. The van der Waals surface area contributed by atoms with Crippen molar-refractivity contribution in [2.75, 3.05) is 11.9 Å². The topological polar surface area (TPSA) is 121 Å². The number of anilines is 2. The molecule has 1 aliphatic rings. The highest BCUT2D eigenvalue weighted by Gasteiger charge is 2.46. The molecule has 3 heterocycles. The Morgan fingerprint density at radius 1 is 1.26 bits per heavy atom. The summed E-state index contributed by atoms with van der Waals surface area (Å²) in [6, 6.07) is 1.93. The van der Waals surface area contributed by atoms with Crippen LogP contribution in [-0.2, 0) is 16.8 Å². The van der Waals surface area contributed by atoms with Gasteiger partial charge in [-0.2, -0.15) is 5.10 Å². The second-order valence-electron chi connectivity index (χ2n) is 10.1. The molecule has 2 aromatic heterocycles. The molecule has 0 saturated carbocycles. The number of pyridine rings is 1. The number of halogens is 3. The van der Waals surface area contributed by atoms with Gasteiger partial charge >= 0.3 is 12.1 Å². The van der Waals surface area contributed by atoms with E-state index in [2.05, 4.69) is 15.4 Å². The quantitative estimate of drug-likeness (QED) is 0.517. The summed E-state index contributed by atoms with van der Waals surface area (Å²) in [5, 5.41) is 26.5. The number of alkyl halides is 2. The molecule has 0 radical (unpaired) electrons. The first-order valence-electron chi connectivity index (χ1n) is 11.2. The molecule has 1 amide bonds. The van der Waals surface area contributed by atoms with E-state index in [1.807, 2.05) is 27.7 Å². The third-order valence-electron chi connectivity index (χ3n) is 6.32. The zero-order valence-electron chi connectivity index (χ0n) is 20.3. The molecular formula is C23H30F3N5O4. The van der Waals surface area contributed by atoms with Crippen molar-refractivity contribution < 1.29 is 33.0 Å². The summed E-state index contributed by atoms with van der Waals surface area (Å²) < 4.78 is 44.2. The fourth-order valence-corrected chi connectivity index (χ4v) is 4.66. The fraction of sp³-hybridized carbons (Fsp3) is 0.565. The van der Waals surface area contributed by atoms with Crippen LogP contribution in [-0.4, -0.2) is 54.5 Å². The second-order valence-corrected chi connectivity index (χ2v) is 10.1. The van der Waals surface area contributed by atoms with Crippen LogP contribution < -0.4 is 5.32 Å². The smallest absolute Gasteiger partial charge is 0.407 e. The number of nitrogens with zero attached hydrogens (tertiary/aromatic N) is 4. The number of aliphatic carboxylic acids is 1. The lowest BCUT2D eigenvalue weighted by Gasteiger charge is -2.42. The number of likely N-dealkylation sites (tertiary alicyclic amines) is 1. The first kappa shape index (κ1) is 26.3. The maximum Gasteiger partial charge on any atom is 0.407 e. The Balaban J connectivity index is 1.99. The lowest BCUT2D eigenvalue weighted by atomic mass is 9.72. The molecule has 0 spiro atoms. The number of carboxylic acids is 1. The highest BCUT2D eigenvalue weighted by atomic mass is 19.3. The van der Waals surface area contributed by atoms with Crippen molar-refractivity contribution in [2.24, 2.45) is 5.41 Å². The molecule has 1 aliphatic heterocycles. The number of amides is 1. The van der Waals surface area contributed by atoms with E-state index in [1.54, 1.807) is 17.7 Å². The second kappa shape index (κ2) is 9.38. The fourth-order valence-electron chi connectivity index (χ4n) is 4.66.